The summed E-state index contributed by atoms with van der Waals surface area (Å²) in [5.41, 5.74) is 0.267. The minimum atomic E-state index is -0.918. The van der Waals surface area contributed by atoms with Crippen molar-refractivity contribution >= 4 is 44.3 Å². The first-order valence-electron chi connectivity index (χ1n) is 5.50. The van der Waals surface area contributed by atoms with Crippen LogP contribution in [0.3, 0.4) is 0 Å². The Morgan fingerprint density at radius 2 is 2.00 bits per heavy atom. The number of nitrogens with zero attached hydrogens (tertiary/aromatic N) is 3. The third-order valence-electron chi connectivity index (χ3n) is 2.80. The van der Waals surface area contributed by atoms with Crippen LogP contribution in [0.15, 0.2) is 3.92 Å². The van der Waals surface area contributed by atoms with Crippen LogP contribution in [0, 0.1) is 0 Å². The van der Waals surface area contributed by atoms with Gasteiger partial charge in [-0.05, 0) is 15.9 Å². The number of rotatable bonds is 2. The van der Waals surface area contributed by atoms with E-state index in [0.29, 0.717) is 35.1 Å². The summed E-state index contributed by atoms with van der Waals surface area (Å²) >= 11 is 4.59. The number of aromatic nitrogens is 1. The number of anilines is 1. The number of methoxy groups -OCH3 is 1. The quantitative estimate of drug-likeness (QED) is 0.814. The van der Waals surface area contributed by atoms with Crippen molar-refractivity contribution < 1.29 is 19.4 Å². The topological polar surface area (TPSA) is 83.0 Å². The van der Waals surface area contributed by atoms with E-state index in [1.807, 2.05) is 4.90 Å². The zero-order valence-corrected chi connectivity index (χ0v) is 12.5. The molecule has 2 heterocycles. The van der Waals surface area contributed by atoms with Crippen molar-refractivity contribution in [2.24, 2.45) is 0 Å². The molecule has 0 atom stereocenters. The number of carbonyl (C=O) groups excluding carboxylic acids is 1. The van der Waals surface area contributed by atoms with E-state index in [1.165, 1.54) is 23.3 Å². The van der Waals surface area contributed by atoms with Crippen molar-refractivity contribution in [2.75, 3.05) is 38.2 Å². The van der Waals surface area contributed by atoms with Crippen molar-refractivity contribution in [3.63, 3.8) is 0 Å². The van der Waals surface area contributed by atoms with Crippen molar-refractivity contribution in [2.45, 2.75) is 0 Å². The highest BCUT2D eigenvalue weighted by Crippen LogP contribution is 2.33. The number of hydrogen-bond donors (Lipinski definition) is 1. The Morgan fingerprint density at radius 1 is 1.37 bits per heavy atom. The number of esters is 1. The van der Waals surface area contributed by atoms with E-state index in [9.17, 15) is 9.59 Å². The third kappa shape index (κ3) is 2.98. The molecule has 19 heavy (non-hydrogen) atoms. The molecule has 1 aromatic heterocycles. The average molecular weight is 350 g/mol. The summed E-state index contributed by atoms with van der Waals surface area (Å²) in [5, 5.41) is 9.61. The highest BCUT2D eigenvalue weighted by atomic mass is 79.9. The Kier molecular flexibility index (Phi) is 4.25. The number of halogens is 1. The molecule has 1 fully saturated rings. The molecule has 0 aliphatic carbocycles. The van der Waals surface area contributed by atoms with Gasteiger partial charge in [0.2, 0.25) is 0 Å². The molecule has 7 nitrogen and oxygen atoms in total. The predicted octanol–water partition coefficient (Wildman–Crippen LogP) is 1.49. The molecule has 0 aromatic carbocycles. The Morgan fingerprint density at radius 3 is 2.53 bits per heavy atom. The van der Waals surface area contributed by atoms with Crippen LogP contribution in [0.5, 0.6) is 0 Å². The van der Waals surface area contributed by atoms with Gasteiger partial charge in [-0.15, -0.1) is 0 Å². The fourth-order valence-corrected chi connectivity index (χ4v) is 3.30. The smallest absolute Gasteiger partial charge is 0.407 e. The van der Waals surface area contributed by atoms with E-state index in [-0.39, 0.29) is 5.69 Å². The zero-order valence-electron chi connectivity index (χ0n) is 10.1. The first-order valence-corrected chi connectivity index (χ1v) is 7.11. The molecule has 104 valence electrons. The molecular weight excluding hydrogens is 338 g/mol. The van der Waals surface area contributed by atoms with Crippen LogP contribution in [-0.4, -0.2) is 60.3 Å². The molecular formula is C10H12BrN3O4S. The number of ether oxygens (including phenoxy) is 1. The molecule has 0 unspecified atom stereocenters. The van der Waals surface area contributed by atoms with E-state index < -0.39 is 12.1 Å². The van der Waals surface area contributed by atoms with Gasteiger partial charge in [0, 0.05) is 26.2 Å². The van der Waals surface area contributed by atoms with Gasteiger partial charge in [0.15, 0.2) is 9.61 Å². The van der Waals surface area contributed by atoms with Crippen molar-refractivity contribution in [3.8, 4) is 0 Å². The maximum absolute atomic E-state index is 11.6. The van der Waals surface area contributed by atoms with E-state index in [0.717, 1.165) is 0 Å². The summed E-state index contributed by atoms with van der Waals surface area (Å²) in [4.78, 5) is 29.9. The lowest BCUT2D eigenvalue weighted by molar-refractivity contribution is 0.0595. The number of piperazine rings is 1. The van der Waals surface area contributed by atoms with Crippen LogP contribution in [0.25, 0.3) is 0 Å². The molecule has 1 saturated heterocycles. The summed E-state index contributed by atoms with van der Waals surface area (Å²) in [6, 6.07) is 0. The fourth-order valence-electron chi connectivity index (χ4n) is 1.83. The van der Waals surface area contributed by atoms with Gasteiger partial charge in [0.05, 0.1) is 7.11 Å². The van der Waals surface area contributed by atoms with Crippen molar-refractivity contribution in [1.82, 2.24) is 9.88 Å². The minimum Gasteiger partial charge on any atom is -0.465 e. The van der Waals surface area contributed by atoms with Gasteiger partial charge < -0.3 is 19.6 Å². The molecule has 1 aromatic rings. The molecule has 1 amide bonds. The largest absolute Gasteiger partial charge is 0.465 e. The summed E-state index contributed by atoms with van der Waals surface area (Å²) in [7, 11) is 1.31. The maximum Gasteiger partial charge on any atom is 0.407 e. The molecule has 0 spiro atoms. The van der Waals surface area contributed by atoms with Crippen LogP contribution in [0.2, 0.25) is 0 Å². The summed E-state index contributed by atoms with van der Waals surface area (Å²) < 4.78 is 5.29. The molecule has 2 rings (SSSR count). The van der Waals surface area contributed by atoms with Crippen molar-refractivity contribution in [1.29, 1.82) is 0 Å². The molecule has 1 aliphatic rings. The second-order valence-electron chi connectivity index (χ2n) is 3.87. The van der Waals surface area contributed by atoms with E-state index in [1.54, 1.807) is 0 Å². The number of hydrogen-bond acceptors (Lipinski definition) is 6. The molecule has 1 aliphatic heterocycles. The normalized spacial score (nSPS) is 15.5. The fraction of sp³-hybridized carbons (Fsp3) is 0.500. The number of carboxylic acid groups (broad SMARTS) is 1. The van der Waals surface area contributed by atoms with Crippen LogP contribution in [-0.2, 0) is 4.74 Å². The summed E-state index contributed by atoms with van der Waals surface area (Å²) in [6.45, 7) is 1.88. The van der Waals surface area contributed by atoms with Crippen LogP contribution < -0.4 is 4.90 Å². The van der Waals surface area contributed by atoms with Gasteiger partial charge in [-0.25, -0.2) is 14.6 Å². The number of carbonyl (C=O) groups is 2. The van der Waals surface area contributed by atoms with Gasteiger partial charge in [0.25, 0.3) is 0 Å². The molecule has 9 heteroatoms. The maximum atomic E-state index is 11.6. The monoisotopic (exact) mass is 349 g/mol. The van der Waals surface area contributed by atoms with Gasteiger partial charge in [-0.3, -0.25) is 0 Å². The molecule has 0 saturated carbocycles. The highest BCUT2D eigenvalue weighted by molar-refractivity contribution is 9.11. The first-order chi connectivity index (χ1) is 9.02. The van der Waals surface area contributed by atoms with Crippen LogP contribution in [0.4, 0.5) is 9.80 Å². The van der Waals surface area contributed by atoms with Crippen LogP contribution in [0.1, 0.15) is 10.5 Å². The lowest BCUT2D eigenvalue weighted by Crippen LogP contribution is -2.48. The average Bonchev–Trinajstić information content (AvgIpc) is 2.80. The number of amides is 1. The zero-order chi connectivity index (χ0) is 14.0. The predicted molar refractivity (Wildman–Crippen MR) is 73.0 cm³/mol. The van der Waals surface area contributed by atoms with Gasteiger partial charge in [-0.2, -0.15) is 0 Å². The van der Waals surface area contributed by atoms with Gasteiger partial charge in [-0.1, -0.05) is 11.3 Å². The van der Waals surface area contributed by atoms with Crippen molar-refractivity contribution in [3.05, 3.63) is 9.61 Å². The second kappa shape index (κ2) is 5.74. The Balaban J connectivity index is 2.15. The van der Waals surface area contributed by atoms with Crippen LogP contribution >= 0.6 is 27.3 Å². The summed E-state index contributed by atoms with van der Waals surface area (Å²) in [6.07, 6.45) is -0.918. The standard InChI is InChI=1S/C10H12BrN3O4S/c1-18-8(15)6-7(19-9(11)12-6)13-2-4-14(5-3-13)10(16)17/h2-5H2,1H3,(H,16,17). The SMILES string of the molecule is COC(=O)c1nc(Br)sc1N1CCN(C(=O)O)CC1. The molecule has 1 N–H and O–H groups in total. The molecule has 0 radical (unpaired) electrons. The molecule has 0 bridgehead atoms. The Hall–Kier alpha value is -1.35. The lowest BCUT2D eigenvalue weighted by atomic mass is 10.3. The Bertz CT molecular complexity index is 499. The minimum absolute atomic E-state index is 0.267. The van der Waals surface area contributed by atoms with Gasteiger partial charge >= 0.3 is 12.1 Å². The van der Waals surface area contributed by atoms with E-state index in [4.69, 9.17) is 9.84 Å². The second-order valence-corrected chi connectivity index (χ2v) is 6.12. The number of thiazole rings is 1. The van der Waals surface area contributed by atoms with Gasteiger partial charge in [0.1, 0.15) is 5.00 Å². The van der Waals surface area contributed by atoms with E-state index in [2.05, 4.69) is 20.9 Å². The lowest BCUT2D eigenvalue weighted by Gasteiger charge is -2.33. The third-order valence-corrected chi connectivity index (χ3v) is 4.37. The summed E-state index contributed by atoms with van der Waals surface area (Å²) in [5.74, 6) is -0.488. The highest BCUT2D eigenvalue weighted by Gasteiger charge is 2.27. The first kappa shape index (κ1) is 14.1. The van der Waals surface area contributed by atoms with E-state index >= 15 is 0 Å². The Labute approximate surface area is 121 Å².